The molecule has 32 heavy (non-hydrogen) atoms. The molecule has 2 bridgehead atoms. The van der Waals surface area contributed by atoms with Crippen molar-refractivity contribution < 1.29 is 31.5 Å². The van der Waals surface area contributed by atoms with Crippen LogP contribution in [0.1, 0.15) is 36.0 Å². The lowest BCUT2D eigenvalue weighted by Crippen LogP contribution is -2.33. The van der Waals surface area contributed by atoms with Gasteiger partial charge in [-0.05, 0) is 61.6 Å². The molecule has 0 spiro atoms. The van der Waals surface area contributed by atoms with E-state index >= 15 is 0 Å². The highest BCUT2D eigenvalue weighted by Gasteiger charge is 2.44. The molecule has 172 valence electrons. The Morgan fingerprint density at radius 1 is 1.06 bits per heavy atom. The fourth-order valence-electron chi connectivity index (χ4n) is 4.95. The van der Waals surface area contributed by atoms with Crippen LogP contribution in [0.2, 0.25) is 5.02 Å². The Hall–Kier alpha value is -2.10. The zero-order chi connectivity index (χ0) is 23.2. The number of anilines is 1. The largest absolute Gasteiger partial charge is 0.393 e. The van der Waals surface area contributed by atoms with E-state index in [1.807, 2.05) is 0 Å². The molecule has 0 saturated heterocycles. The van der Waals surface area contributed by atoms with Gasteiger partial charge in [-0.1, -0.05) is 11.6 Å². The highest BCUT2D eigenvalue weighted by molar-refractivity contribution is 7.91. The van der Waals surface area contributed by atoms with Gasteiger partial charge in [0.15, 0.2) is 27.3 Å². The van der Waals surface area contributed by atoms with E-state index in [0.717, 1.165) is 18.9 Å². The average molecular weight is 488 g/mol. The summed E-state index contributed by atoms with van der Waals surface area (Å²) in [6, 6.07) is 4.93. The van der Waals surface area contributed by atoms with Crippen LogP contribution in [0.15, 0.2) is 35.2 Å². The molecular formula is C22H21ClF3NO4S. The molecule has 5 nitrogen and oxygen atoms in total. The van der Waals surface area contributed by atoms with Gasteiger partial charge in [0.25, 0.3) is 5.91 Å². The van der Waals surface area contributed by atoms with E-state index in [1.54, 1.807) is 0 Å². The van der Waals surface area contributed by atoms with Crippen LogP contribution in [0, 0.1) is 35.2 Å². The van der Waals surface area contributed by atoms with Gasteiger partial charge in [0.2, 0.25) is 0 Å². The lowest BCUT2D eigenvalue weighted by Gasteiger charge is -2.32. The predicted octanol–water partition coefficient (Wildman–Crippen LogP) is 4.58. The topological polar surface area (TPSA) is 83.5 Å². The molecular weight excluding hydrogens is 467 g/mol. The molecule has 4 rings (SSSR count). The van der Waals surface area contributed by atoms with Gasteiger partial charge in [0.05, 0.1) is 21.8 Å². The third-order valence-electron chi connectivity index (χ3n) is 6.45. The van der Waals surface area contributed by atoms with Crippen LogP contribution in [-0.2, 0) is 9.84 Å². The summed E-state index contributed by atoms with van der Waals surface area (Å²) in [6.45, 7) is 0. The molecule has 2 aromatic rings. The molecule has 2 aromatic carbocycles. The first kappa shape index (κ1) is 23.1. The molecule has 0 heterocycles. The minimum absolute atomic E-state index is 0.0383. The second-order valence-electron chi connectivity index (χ2n) is 8.52. The standard InChI is InChI=1S/C22H21ClF3NO4S/c23-17-4-3-13(22(29)27-14-8-18(24)21(26)19(25)9-14)7-20(17)32(30,31)10-16-11-1-2-12(16)6-15(28)5-11/h3-4,7-9,11-12,15-16,28H,1-2,5-6,10H2,(H,27,29)/t11-,12?,15-,16?/m0/s1. The summed E-state index contributed by atoms with van der Waals surface area (Å²) in [5.74, 6) is -5.37. The van der Waals surface area contributed by atoms with Gasteiger partial charge in [0.1, 0.15) is 0 Å². The number of halogens is 4. The fourth-order valence-corrected chi connectivity index (χ4v) is 7.32. The summed E-state index contributed by atoms with van der Waals surface area (Å²) in [7, 11) is -3.84. The zero-order valence-electron chi connectivity index (χ0n) is 16.8. The fraction of sp³-hybridized carbons (Fsp3) is 0.409. The Kier molecular flexibility index (Phi) is 6.26. The monoisotopic (exact) mass is 487 g/mol. The number of hydrogen-bond acceptors (Lipinski definition) is 4. The van der Waals surface area contributed by atoms with Crippen LogP contribution in [0.4, 0.5) is 18.9 Å². The summed E-state index contributed by atoms with van der Waals surface area (Å²) in [5.41, 5.74) is -0.400. The smallest absolute Gasteiger partial charge is 0.255 e. The van der Waals surface area contributed by atoms with Gasteiger partial charge < -0.3 is 10.4 Å². The molecule has 10 heteroatoms. The summed E-state index contributed by atoms with van der Waals surface area (Å²) in [5, 5.41) is 12.1. The number of fused-ring (bicyclic) bond motifs is 2. The van der Waals surface area contributed by atoms with Gasteiger partial charge in [-0.2, -0.15) is 0 Å². The highest BCUT2D eigenvalue weighted by atomic mass is 35.5. The van der Waals surface area contributed by atoms with Crippen LogP contribution >= 0.6 is 11.6 Å². The summed E-state index contributed by atoms with van der Waals surface area (Å²) in [6.07, 6.45) is 2.52. The number of carbonyl (C=O) groups is 1. The minimum atomic E-state index is -3.84. The van der Waals surface area contributed by atoms with Crippen molar-refractivity contribution in [2.75, 3.05) is 11.1 Å². The van der Waals surface area contributed by atoms with Crippen molar-refractivity contribution in [1.29, 1.82) is 0 Å². The van der Waals surface area contributed by atoms with Gasteiger partial charge in [0, 0.05) is 23.4 Å². The summed E-state index contributed by atoms with van der Waals surface area (Å²) >= 11 is 6.14. The third-order valence-corrected chi connectivity index (χ3v) is 8.72. The minimum Gasteiger partial charge on any atom is -0.393 e. The SMILES string of the molecule is O=C(Nc1cc(F)c(F)c(F)c1)c1ccc(Cl)c(S(=O)(=O)CC2C3CC[C@H]2C[C@H](O)C3)c1. The molecule has 1 amide bonds. The number of aliphatic hydroxyl groups is 1. The van der Waals surface area contributed by atoms with Crippen LogP contribution < -0.4 is 5.32 Å². The third kappa shape index (κ3) is 4.51. The van der Waals surface area contributed by atoms with Crippen molar-refractivity contribution in [3.8, 4) is 0 Å². The maximum Gasteiger partial charge on any atom is 0.255 e. The second kappa shape index (κ2) is 8.68. The maximum absolute atomic E-state index is 13.4. The number of amides is 1. The van der Waals surface area contributed by atoms with E-state index in [4.69, 9.17) is 11.6 Å². The van der Waals surface area contributed by atoms with Crippen LogP contribution in [0.3, 0.4) is 0 Å². The van der Waals surface area contributed by atoms with Crippen molar-refractivity contribution in [3.63, 3.8) is 0 Å². The number of aliphatic hydroxyl groups excluding tert-OH is 1. The maximum atomic E-state index is 13.4. The van der Waals surface area contributed by atoms with Crippen LogP contribution in [0.5, 0.6) is 0 Å². The van der Waals surface area contributed by atoms with Gasteiger partial charge in [-0.25, -0.2) is 21.6 Å². The molecule has 0 aliphatic heterocycles. The Bertz CT molecular complexity index is 1140. The van der Waals surface area contributed by atoms with Gasteiger partial charge >= 0.3 is 0 Å². The Balaban J connectivity index is 1.56. The quantitative estimate of drug-likeness (QED) is 0.605. The molecule has 0 radical (unpaired) electrons. The van der Waals surface area contributed by atoms with Crippen molar-refractivity contribution in [2.45, 2.75) is 36.7 Å². The van der Waals surface area contributed by atoms with Gasteiger partial charge in [-0.15, -0.1) is 0 Å². The molecule has 4 atom stereocenters. The van der Waals surface area contributed by atoms with Gasteiger partial charge in [-0.3, -0.25) is 4.79 Å². The number of sulfone groups is 1. The highest BCUT2D eigenvalue weighted by Crippen LogP contribution is 2.48. The number of benzene rings is 2. The lowest BCUT2D eigenvalue weighted by molar-refractivity contribution is 0.0683. The molecule has 2 aliphatic carbocycles. The second-order valence-corrected chi connectivity index (χ2v) is 10.9. The molecule has 2 aliphatic rings. The first-order valence-corrected chi connectivity index (χ1v) is 12.2. The molecule has 2 fully saturated rings. The Morgan fingerprint density at radius 2 is 1.66 bits per heavy atom. The molecule has 2 unspecified atom stereocenters. The summed E-state index contributed by atoms with van der Waals surface area (Å²) < 4.78 is 66.2. The Labute approximate surface area is 188 Å². The first-order chi connectivity index (χ1) is 15.0. The van der Waals surface area contributed by atoms with Crippen molar-refractivity contribution in [2.24, 2.45) is 17.8 Å². The number of nitrogens with one attached hydrogen (secondary N) is 1. The van der Waals surface area contributed by atoms with E-state index in [-0.39, 0.29) is 44.7 Å². The van der Waals surface area contributed by atoms with Crippen molar-refractivity contribution in [3.05, 3.63) is 58.4 Å². The van der Waals surface area contributed by atoms with E-state index in [2.05, 4.69) is 5.32 Å². The first-order valence-electron chi connectivity index (χ1n) is 10.2. The van der Waals surface area contributed by atoms with E-state index < -0.39 is 39.3 Å². The van der Waals surface area contributed by atoms with E-state index in [1.165, 1.54) is 12.1 Å². The number of carbonyl (C=O) groups excluding carboxylic acids is 1. The molecule has 2 N–H and O–H groups in total. The Morgan fingerprint density at radius 3 is 2.25 bits per heavy atom. The summed E-state index contributed by atoms with van der Waals surface area (Å²) in [4.78, 5) is 12.3. The lowest BCUT2D eigenvalue weighted by atomic mass is 9.78. The molecule has 2 saturated carbocycles. The van der Waals surface area contributed by atoms with E-state index in [9.17, 15) is 31.5 Å². The normalized spacial score (nSPS) is 25.0. The van der Waals surface area contributed by atoms with Crippen molar-refractivity contribution in [1.82, 2.24) is 0 Å². The van der Waals surface area contributed by atoms with Crippen LogP contribution in [-0.4, -0.2) is 31.3 Å². The average Bonchev–Trinajstić information content (AvgIpc) is 2.94. The molecule has 0 aromatic heterocycles. The predicted molar refractivity (Wildman–Crippen MR) is 113 cm³/mol. The number of hydrogen-bond donors (Lipinski definition) is 2. The van der Waals surface area contributed by atoms with Crippen LogP contribution in [0.25, 0.3) is 0 Å². The van der Waals surface area contributed by atoms with E-state index in [0.29, 0.717) is 25.0 Å². The van der Waals surface area contributed by atoms with Crippen molar-refractivity contribution >= 4 is 33.0 Å². The zero-order valence-corrected chi connectivity index (χ0v) is 18.4. The number of rotatable bonds is 5.